The van der Waals surface area contributed by atoms with Crippen molar-refractivity contribution in [3.8, 4) is 11.5 Å². The minimum absolute atomic E-state index is 0.0132. The van der Waals surface area contributed by atoms with E-state index in [1.165, 1.54) is 47.4 Å². The minimum atomic E-state index is -1.20. The Balaban J connectivity index is 2.16. The molecule has 3 aromatic rings. The van der Waals surface area contributed by atoms with Crippen molar-refractivity contribution in [1.82, 2.24) is 9.69 Å². The van der Waals surface area contributed by atoms with Crippen LogP contribution in [0.5, 0.6) is 11.5 Å². The number of phenols is 2. The van der Waals surface area contributed by atoms with Crippen molar-refractivity contribution >= 4 is 40.6 Å². The summed E-state index contributed by atoms with van der Waals surface area (Å²) in [6.45, 7) is 4.42. The quantitative estimate of drug-likeness (QED) is 0.302. The number of primary amides is 1. The number of nitrogens with two attached hydrogens (primary N) is 2. The Bertz CT molecular complexity index is 1230. The van der Waals surface area contributed by atoms with E-state index in [1.54, 1.807) is 6.07 Å². The van der Waals surface area contributed by atoms with Crippen molar-refractivity contribution < 1.29 is 24.6 Å². The van der Waals surface area contributed by atoms with Gasteiger partial charge in [0.05, 0.1) is 5.69 Å². The van der Waals surface area contributed by atoms with Crippen molar-refractivity contribution in [2.24, 2.45) is 11.7 Å². The fourth-order valence-electron chi connectivity index (χ4n) is 3.42. The molecule has 1 aromatic heterocycles. The number of aromatic hydroxyl groups is 2. The van der Waals surface area contributed by atoms with Crippen LogP contribution < -0.4 is 21.7 Å². The topological polar surface area (TPSA) is 172 Å². The Labute approximate surface area is 206 Å². The number of carbonyl (C=O) groups excluding carboxylic acids is 3. The second-order valence-electron chi connectivity index (χ2n) is 8.30. The maximum Gasteiger partial charge on any atom is 0.273 e. The van der Waals surface area contributed by atoms with E-state index in [0.717, 1.165) is 6.42 Å². The summed E-state index contributed by atoms with van der Waals surface area (Å²) in [4.78, 5) is 40.1. The van der Waals surface area contributed by atoms with Crippen LogP contribution >= 0.6 is 11.5 Å². The SMILES string of the molecule is CC(C)CCNC(=O)[C@@H](c1ccc(O)cc1)N(C(=O)c1snc(C(N)=O)c1N)c1cccc(O)c1. The first-order chi connectivity index (χ1) is 16.6. The van der Waals surface area contributed by atoms with E-state index in [2.05, 4.69) is 9.69 Å². The molecule has 11 heteroatoms. The Hall–Kier alpha value is -4.12. The van der Waals surface area contributed by atoms with E-state index in [4.69, 9.17) is 11.5 Å². The van der Waals surface area contributed by atoms with Gasteiger partial charge in [-0.05, 0) is 53.7 Å². The van der Waals surface area contributed by atoms with E-state index in [0.29, 0.717) is 29.6 Å². The number of carbonyl (C=O) groups is 3. The van der Waals surface area contributed by atoms with Gasteiger partial charge in [0.2, 0.25) is 5.91 Å². The van der Waals surface area contributed by atoms with Crippen LogP contribution in [-0.2, 0) is 4.79 Å². The average molecular weight is 498 g/mol. The number of anilines is 2. The van der Waals surface area contributed by atoms with E-state index in [-0.39, 0.29) is 33.4 Å². The third kappa shape index (κ3) is 5.87. The number of nitrogens with zero attached hydrogens (tertiary/aromatic N) is 2. The number of hydrogen-bond donors (Lipinski definition) is 5. The highest BCUT2D eigenvalue weighted by atomic mass is 32.1. The molecule has 3 rings (SSSR count). The molecular formula is C24H27N5O5S. The van der Waals surface area contributed by atoms with E-state index in [1.807, 2.05) is 13.8 Å². The summed E-state index contributed by atoms with van der Waals surface area (Å²) in [5.74, 6) is -1.87. The number of rotatable bonds is 9. The number of aromatic nitrogens is 1. The molecule has 0 unspecified atom stereocenters. The van der Waals surface area contributed by atoms with Crippen LogP contribution in [-0.4, -0.2) is 38.9 Å². The Kier molecular flexibility index (Phi) is 7.92. The van der Waals surface area contributed by atoms with Gasteiger partial charge < -0.3 is 27.0 Å². The maximum absolute atomic E-state index is 13.8. The summed E-state index contributed by atoms with van der Waals surface area (Å²) < 4.78 is 3.90. The predicted octanol–water partition coefficient (Wildman–Crippen LogP) is 2.79. The smallest absolute Gasteiger partial charge is 0.273 e. The third-order valence-corrected chi connectivity index (χ3v) is 6.07. The van der Waals surface area contributed by atoms with Crippen LogP contribution in [0.15, 0.2) is 48.5 Å². The van der Waals surface area contributed by atoms with Crippen molar-refractivity contribution in [3.05, 3.63) is 64.7 Å². The maximum atomic E-state index is 13.8. The van der Waals surface area contributed by atoms with E-state index in [9.17, 15) is 24.6 Å². The number of phenolic OH excluding ortho intramolecular Hbond substituents is 2. The molecule has 0 radical (unpaired) electrons. The van der Waals surface area contributed by atoms with Gasteiger partial charge >= 0.3 is 0 Å². The molecule has 0 aliphatic rings. The standard InChI is InChI=1S/C24H27N5O5S/c1-13(2)10-11-27-23(33)20(14-6-8-16(30)9-7-14)29(15-4-3-5-17(31)12-15)24(34)21-18(25)19(22(26)32)28-35-21/h3-9,12-13,20,30-31H,10-11,25H2,1-2H3,(H2,26,32)(H,27,33)/t20-/m1/s1. The van der Waals surface area contributed by atoms with Crippen molar-refractivity contribution in [3.63, 3.8) is 0 Å². The molecular weight excluding hydrogens is 470 g/mol. The van der Waals surface area contributed by atoms with Gasteiger partial charge in [0.25, 0.3) is 11.8 Å². The summed E-state index contributed by atoms with van der Waals surface area (Å²) in [7, 11) is 0. The molecule has 2 aromatic carbocycles. The Morgan fingerprint density at radius 3 is 2.34 bits per heavy atom. The van der Waals surface area contributed by atoms with E-state index >= 15 is 0 Å². The van der Waals surface area contributed by atoms with E-state index < -0.39 is 23.8 Å². The fourth-order valence-corrected chi connectivity index (χ4v) is 4.16. The zero-order valence-electron chi connectivity index (χ0n) is 19.3. The summed E-state index contributed by atoms with van der Waals surface area (Å²) in [5, 5.41) is 22.7. The zero-order chi connectivity index (χ0) is 25.7. The summed E-state index contributed by atoms with van der Waals surface area (Å²) in [5.41, 5.74) is 11.5. The normalized spacial score (nSPS) is 11.7. The molecule has 35 heavy (non-hydrogen) atoms. The monoisotopic (exact) mass is 497 g/mol. The van der Waals surface area contributed by atoms with Crippen LogP contribution in [0, 0.1) is 5.92 Å². The lowest BCUT2D eigenvalue weighted by Crippen LogP contribution is -2.44. The molecule has 0 saturated carbocycles. The van der Waals surface area contributed by atoms with Gasteiger partial charge in [0.15, 0.2) is 5.69 Å². The second kappa shape index (κ2) is 10.9. The first kappa shape index (κ1) is 25.5. The molecule has 10 nitrogen and oxygen atoms in total. The minimum Gasteiger partial charge on any atom is -0.508 e. The molecule has 1 heterocycles. The largest absolute Gasteiger partial charge is 0.508 e. The molecule has 0 aliphatic heterocycles. The number of nitrogen functional groups attached to an aromatic ring is 1. The zero-order valence-corrected chi connectivity index (χ0v) is 20.1. The molecule has 1 atom stereocenters. The number of benzene rings is 2. The molecule has 184 valence electrons. The van der Waals surface area contributed by atoms with Gasteiger partial charge in [0, 0.05) is 18.3 Å². The van der Waals surface area contributed by atoms with Gasteiger partial charge in [-0.25, -0.2) is 0 Å². The highest BCUT2D eigenvalue weighted by molar-refractivity contribution is 7.09. The van der Waals surface area contributed by atoms with Crippen LogP contribution in [0.25, 0.3) is 0 Å². The van der Waals surface area contributed by atoms with Gasteiger partial charge in [-0.2, -0.15) is 4.37 Å². The van der Waals surface area contributed by atoms with Gasteiger partial charge in [0.1, 0.15) is 22.4 Å². The number of hydrogen-bond acceptors (Lipinski definition) is 8. The van der Waals surface area contributed by atoms with Crippen LogP contribution in [0.2, 0.25) is 0 Å². The number of nitrogens with one attached hydrogen (secondary N) is 1. The van der Waals surface area contributed by atoms with Gasteiger partial charge in [-0.15, -0.1) is 0 Å². The molecule has 0 saturated heterocycles. The highest BCUT2D eigenvalue weighted by Gasteiger charge is 2.36. The highest BCUT2D eigenvalue weighted by Crippen LogP contribution is 2.34. The summed E-state index contributed by atoms with van der Waals surface area (Å²) in [6.07, 6.45) is 0.720. The molecule has 0 spiro atoms. The average Bonchev–Trinajstić information content (AvgIpc) is 3.19. The Morgan fingerprint density at radius 2 is 1.77 bits per heavy atom. The van der Waals surface area contributed by atoms with Gasteiger partial charge in [-0.3, -0.25) is 19.3 Å². The van der Waals surface area contributed by atoms with Crippen molar-refractivity contribution in [2.45, 2.75) is 26.3 Å². The summed E-state index contributed by atoms with van der Waals surface area (Å²) >= 11 is 0.687. The first-order valence-electron chi connectivity index (χ1n) is 10.8. The molecule has 0 aliphatic carbocycles. The van der Waals surface area contributed by atoms with Crippen LogP contribution in [0.4, 0.5) is 11.4 Å². The lowest BCUT2D eigenvalue weighted by Gasteiger charge is -2.31. The van der Waals surface area contributed by atoms with Gasteiger partial charge in [-0.1, -0.05) is 32.0 Å². The molecule has 7 N–H and O–H groups in total. The molecule has 0 bridgehead atoms. The predicted molar refractivity (Wildman–Crippen MR) is 133 cm³/mol. The first-order valence-corrected chi connectivity index (χ1v) is 11.6. The second-order valence-corrected chi connectivity index (χ2v) is 9.07. The fraction of sp³-hybridized carbons (Fsp3) is 0.250. The molecule has 3 amide bonds. The van der Waals surface area contributed by atoms with Crippen LogP contribution in [0.1, 0.15) is 52.0 Å². The third-order valence-electron chi connectivity index (χ3n) is 5.22. The Morgan fingerprint density at radius 1 is 1.09 bits per heavy atom. The van der Waals surface area contributed by atoms with Crippen LogP contribution in [0.3, 0.4) is 0 Å². The molecule has 0 fully saturated rings. The lowest BCUT2D eigenvalue weighted by molar-refractivity contribution is -0.122. The van der Waals surface area contributed by atoms with Crippen molar-refractivity contribution in [1.29, 1.82) is 0 Å². The van der Waals surface area contributed by atoms with Crippen molar-refractivity contribution in [2.75, 3.05) is 17.2 Å². The lowest BCUT2D eigenvalue weighted by atomic mass is 10.0. The number of amides is 3. The summed E-state index contributed by atoms with van der Waals surface area (Å²) in [6, 6.07) is 10.5.